The molecule has 102 valence electrons. The third kappa shape index (κ3) is 4.06. The lowest BCUT2D eigenvalue weighted by atomic mass is 10.1. The molecule has 0 aliphatic carbocycles. The molecule has 1 aromatic carbocycles. The molecule has 0 unspecified atom stereocenters. The molecule has 1 N–H and O–H groups in total. The number of carbonyl (C=O) groups is 2. The third-order valence-corrected chi connectivity index (χ3v) is 2.27. The number of nitro groups is 1. The van der Waals surface area contributed by atoms with Gasteiger partial charge in [0.2, 0.25) is 0 Å². The first kappa shape index (κ1) is 14.6. The normalized spacial score (nSPS) is 10.8. The van der Waals surface area contributed by atoms with Gasteiger partial charge in [0.1, 0.15) is 11.2 Å². The average molecular weight is 267 g/mol. The van der Waals surface area contributed by atoms with Crippen LogP contribution in [0.3, 0.4) is 0 Å². The van der Waals surface area contributed by atoms with E-state index in [4.69, 9.17) is 9.84 Å². The Kier molecular flexibility index (Phi) is 4.21. The van der Waals surface area contributed by atoms with Crippen molar-refractivity contribution in [3.05, 3.63) is 39.9 Å². The van der Waals surface area contributed by atoms with Gasteiger partial charge < -0.3 is 9.84 Å². The van der Waals surface area contributed by atoms with Gasteiger partial charge in [-0.3, -0.25) is 14.9 Å². The number of para-hydroxylation sites is 1. The minimum atomic E-state index is -1.24. The molecule has 0 saturated heterocycles. The molecule has 0 spiro atoms. The zero-order valence-electron chi connectivity index (χ0n) is 10.5. The van der Waals surface area contributed by atoms with E-state index in [1.54, 1.807) is 0 Å². The van der Waals surface area contributed by atoms with E-state index < -0.39 is 22.5 Å². The molecule has 0 saturated carbocycles. The Morgan fingerprint density at radius 2 is 1.95 bits per heavy atom. The summed E-state index contributed by atoms with van der Waals surface area (Å²) >= 11 is 0. The molecule has 0 heterocycles. The van der Waals surface area contributed by atoms with Gasteiger partial charge in [0, 0.05) is 6.07 Å². The fraction of sp³-hybridized carbons (Fsp3) is 0.333. The van der Waals surface area contributed by atoms with Crippen LogP contribution in [-0.2, 0) is 9.53 Å². The standard InChI is InChI=1S/C12H13NO6/c1-12(2,7-10(14)15)19-11(16)8-5-3-4-6-9(8)13(17)18/h3-6H,7H2,1-2H3,(H,14,15). The van der Waals surface area contributed by atoms with Crippen molar-refractivity contribution < 1.29 is 24.4 Å². The van der Waals surface area contributed by atoms with Crippen LogP contribution in [-0.4, -0.2) is 27.6 Å². The zero-order chi connectivity index (χ0) is 14.6. The van der Waals surface area contributed by atoms with E-state index in [1.165, 1.54) is 38.1 Å². The fourth-order valence-electron chi connectivity index (χ4n) is 1.51. The molecular formula is C12H13NO6. The van der Waals surface area contributed by atoms with Crippen LogP contribution in [0.2, 0.25) is 0 Å². The van der Waals surface area contributed by atoms with Crippen LogP contribution < -0.4 is 0 Å². The maximum Gasteiger partial charge on any atom is 0.345 e. The SMILES string of the molecule is CC(C)(CC(=O)O)OC(=O)c1ccccc1[N+](=O)[O-]. The number of carboxylic acids is 1. The Labute approximate surface area is 109 Å². The van der Waals surface area contributed by atoms with E-state index in [0.717, 1.165) is 0 Å². The third-order valence-electron chi connectivity index (χ3n) is 2.27. The number of nitro benzene ring substituents is 1. The van der Waals surface area contributed by atoms with Crippen molar-refractivity contribution in [1.29, 1.82) is 0 Å². The molecule has 19 heavy (non-hydrogen) atoms. The number of carbonyl (C=O) groups excluding carboxylic acids is 1. The van der Waals surface area contributed by atoms with E-state index in [0.29, 0.717) is 0 Å². The second-order valence-corrected chi connectivity index (χ2v) is 4.49. The van der Waals surface area contributed by atoms with E-state index in [2.05, 4.69) is 0 Å². The summed E-state index contributed by atoms with van der Waals surface area (Å²) in [5.41, 5.74) is -1.82. The van der Waals surface area contributed by atoms with Gasteiger partial charge in [-0.25, -0.2) is 4.79 Å². The molecule has 1 rings (SSSR count). The molecule has 7 heteroatoms. The van der Waals surface area contributed by atoms with Crippen LogP contribution in [0.1, 0.15) is 30.6 Å². The highest BCUT2D eigenvalue weighted by Crippen LogP contribution is 2.22. The molecule has 0 amide bonds. The lowest BCUT2D eigenvalue weighted by Crippen LogP contribution is -2.31. The molecule has 1 aromatic rings. The summed E-state index contributed by atoms with van der Waals surface area (Å²) in [6.07, 6.45) is -0.390. The van der Waals surface area contributed by atoms with Crippen LogP contribution in [0.15, 0.2) is 24.3 Å². The highest BCUT2D eigenvalue weighted by Gasteiger charge is 2.29. The zero-order valence-corrected chi connectivity index (χ0v) is 10.5. The molecule has 0 atom stereocenters. The summed E-state index contributed by atoms with van der Waals surface area (Å²) in [6, 6.07) is 5.34. The minimum Gasteiger partial charge on any atom is -0.481 e. The Balaban J connectivity index is 2.96. The fourth-order valence-corrected chi connectivity index (χ4v) is 1.51. The van der Waals surface area contributed by atoms with Gasteiger partial charge in [-0.1, -0.05) is 12.1 Å². The number of esters is 1. The van der Waals surface area contributed by atoms with Gasteiger partial charge >= 0.3 is 11.9 Å². The summed E-state index contributed by atoms with van der Waals surface area (Å²) in [5.74, 6) is -2.04. The second kappa shape index (κ2) is 5.47. The number of ether oxygens (including phenoxy) is 1. The largest absolute Gasteiger partial charge is 0.481 e. The summed E-state index contributed by atoms with van der Waals surface area (Å²) < 4.78 is 5.00. The molecular weight excluding hydrogens is 254 g/mol. The van der Waals surface area contributed by atoms with E-state index in [9.17, 15) is 19.7 Å². The maximum atomic E-state index is 11.8. The van der Waals surface area contributed by atoms with Gasteiger partial charge in [0.25, 0.3) is 5.69 Å². The predicted molar refractivity (Wildman–Crippen MR) is 64.8 cm³/mol. The Morgan fingerprint density at radius 1 is 1.37 bits per heavy atom. The summed E-state index contributed by atoms with van der Waals surface area (Å²) in [6.45, 7) is 2.85. The van der Waals surface area contributed by atoms with Gasteiger partial charge in [-0.2, -0.15) is 0 Å². The number of aliphatic carboxylic acids is 1. The molecule has 0 aromatic heterocycles. The summed E-state index contributed by atoms with van der Waals surface area (Å²) in [5, 5.41) is 19.4. The smallest absolute Gasteiger partial charge is 0.345 e. The molecule has 0 aliphatic rings. The number of rotatable bonds is 5. The van der Waals surface area contributed by atoms with Crippen LogP contribution in [0, 0.1) is 10.1 Å². The van der Waals surface area contributed by atoms with Crippen molar-refractivity contribution in [2.75, 3.05) is 0 Å². The van der Waals surface area contributed by atoms with Gasteiger partial charge in [-0.05, 0) is 19.9 Å². The van der Waals surface area contributed by atoms with Crippen LogP contribution in [0.4, 0.5) is 5.69 Å². The number of hydrogen-bond acceptors (Lipinski definition) is 5. The average Bonchev–Trinajstić information content (AvgIpc) is 2.26. The van der Waals surface area contributed by atoms with Crippen LogP contribution >= 0.6 is 0 Å². The summed E-state index contributed by atoms with van der Waals surface area (Å²) in [7, 11) is 0. The van der Waals surface area contributed by atoms with Gasteiger partial charge in [0.05, 0.1) is 11.3 Å². The topological polar surface area (TPSA) is 107 Å². The number of carboxylic acid groups (broad SMARTS) is 1. The quantitative estimate of drug-likeness (QED) is 0.496. The van der Waals surface area contributed by atoms with Crippen molar-refractivity contribution in [1.82, 2.24) is 0 Å². The van der Waals surface area contributed by atoms with Crippen LogP contribution in [0.5, 0.6) is 0 Å². The van der Waals surface area contributed by atoms with Crippen molar-refractivity contribution in [2.45, 2.75) is 25.9 Å². The van der Waals surface area contributed by atoms with Crippen molar-refractivity contribution in [2.24, 2.45) is 0 Å². The molecule has 0 radical (unpaired) electrons. The lowest BCUT2D eigenvalue weighted by molar-refractivity contribution is -0.385. The monoisotopic (exact) mass is 267 g/mol. The van der Waals surface area contributed by atoms with Gasteiger partial charge in [0.15, 0.2) is 0 Å². The van der Waals surface area contributed by atoms with Crippen molar-refractivity contribution in [3.8, 4) is 0 Å². The van der Waals surface area contributed by atoms with Gasteiger partial charge in [-0.15, -0.1) is 0 Å². The maximum absolute atomic E-state index is 11.8. The first-order chi connectivity index (χ1) is 8.73. The van der Waals surface area contributed by atoms with Crippen molar-refractivity contribution in [3.63, 3.8) is 0 Å². The lowest BCUT2D eigenvalue weighted by Gasteiger charge is -2.22. The first-order valence-corrected chi connectivity index (χ1v) is 5.41. The van der Waals surface area contributed by atoms with Crippen LogP contribution in [0.25, 0.3) is 0 Å². The highest BCUT2D eigenvalue weighted by molar-refractivity contribution is 5.94. The molecule has 0 fully saturated rings. The van der Waals surface area contributed by atoms with Crippen molar-refractivity contribution >= 4 is 17.6 Å². The number of nitrogens with zero attached hydrogens (tertiary/aromatic N) is 1. The molecule has 7 nitrogen and oxygen atoms in total. The Morgan fingerprint density at radius 3 is 2.47 bits per heavy atom. The Hall–Kier alpha value is -2.44. The number of benzene rings is 1. The van der Waals surface area contributed by atoms with E-state index in [1.807, 2.05) is 0 Å². The Bertz CT molecular complexity index is 523. The second-order valence-electron chi connectivity index (χ2n) is 4.49. The molecule has 0 bridgehead atoms. The predicted octanol–water partition coefficient (Wildman–Crippen LogP) is 2.00. The van der Waals surface area contributed by atoms with E-state index >= 15 is 0 Å². The minimum absolute atomic E-state index is 0.203. The molecule has 0 aliphatic heterocycles. The highest BCUT2D eigenvalue weighted by atomic mass is 16.6. The number of hydrogen-bond donors (Lipinski definition) is 1. The van der Waals surface area contributed by atoms with E-state index in [-0.39, 0.29) is 17.7 Å². The first-order valence-electron chi connectivity index (χ1n) is 5.41. The summed E-state index contributed by atoms with van der Waals surface area (Å²) in [4.78, 5) is 32.5.